The van der Waals surface area contributed by atoms with Crippen LogP contribution in [-0.2, 0) is 24.3 Å². The van der Waals surface area contributed by atoms with Gasteiger partial charge in [0.25, 0.3) is 0 Å². The summed E-state index contributed by atoms with van der Waals surface area (Å²) in [7, 11) is 0. The van der Waals surface area contributed by atoms with Crippen LogP contribution in [-0.4, -0.2) is 43.2 Å². The number of carbonyl (C=O) groups is 1. The number of para-hydroxylation sites is 1. The first-order valence-corrected chi connectivity index (χ1v) is 9.91. The zero-order chi connectivity index (χ0) is 19.3. The Morgan fingerprint density at radius 2 is 2.00 bits per heavy atom. The van der Waals surface area contributed by atoms with Gasteiger partial charge in [0.15, 0.2) is 11.3 Å². The second kappa shape index (κ2) is 6.58. The van der Waals surface area contributed by atoms with Gasteiger partial charge >= 0.3 is 0 Å². The molecule has 0 N–H and O–H groups in total. The third-order valence-electron chi connectivity index (χ3n) is 5.77. The van der Waals surface area contributed by atoms with Crippen molar-refractivity contribution < 1.29 is 4.79 Å². The van der Waals surface area contributed by atoms with Crippen molar-refractivity contribution >= 4 is 16.8 Å². The number of nitrogens with zero attached hydrogens (tertiary/aromatic N) is 5. The van der Waals surface area contributed by atoms with Gasteiger partial charge in [0.05, 0.1) is 12.1 Å². The topological polar surface area (TPSA) is 73.0 Å². The molecule has 2 aromatic heterocycles. The molecular weight excluding hydrogens is 354 g/mol. The average molecular weight is 377 g/mol. The van der Waals surface area contributed by atoms with Gasteiger partial charge in [-0.3, -0.25) is 9.59 Å². The van der Waals surface area contributed by atoms with E-state index in [4.69, 9.17) is 0 Å². The molecule has 0 radical (unpaired) electrons. The molecule has 144 valence electrons. The van der Waals surface area contributed by atoms with Crippen LogP contribution in [0.15, 0.2) is 35.1 Å². The van der Waals surface area contributed by atoms with Crippen LogP contribution in [0.4, 0.5) is 0 Å². The number of pyridine rings is 1. The zero-order valence-corrected chi connectivity index (χ0v) is 16.0. The lowest BCUT2D eigenvalue weighted by molar-refractivity contribution is -0.131. The van der Waals surface area contributed by atoms with E-state index >= 15 is 0 Å². The summed E-state index contributed by atoms with van der Waals surface area (Å²) < 4.78 is 3.91. The Morgan fingerprint density at radius 1 is 1.18 bits per heavy atom. The lowest BCUT2D eigenvalue weighted by Crippen LogP contribution is -2.36. The summed E-state index contributed by atoms with van der Waals surface area (Å²) in [5, 5.41) is 5.29. The predicted molar refractivity (Wildman–Crippen MR) is 105 cm³/mol. The maximum absolute atomic E-state index is 13.0. The third-order valence-corrected chi connectivity index (χ3v) is 5.77. The molecule has 0 bridgehead atoms. The van der Waals surface area contributed by atoms with Crippen LogP contribution in [0.25, 0.3) is 10.9 Å². The Morgan fingerprint density at radius 3 is 2.82 bits per heavy atom. The first-order chi connectivity index (χ1) is 13.6. The van der Waals surface area contributed by atoms with Gasteiger partial charge in [-0.2, -0.15) is 5.10 Å². The molecule has 3 aromatic rings. The number of amides is 1. The van der Waals surface area contributed by atoms with Gasteiger partial charge in [0.1, 0.15) is 12.4 Å². The molecular formula is C21H23N5O2. The van der Waals surface area contributed by atoms with Crippen molar-refractivity contribution in [2.24, 2.45) is 0 Å². The molecule has 1 aromatic carbocycles. The number of aryl methyl sites for hydroxylation is 1. The fourth-order valence-electron chi connectivity index (χ4n) is 3.98. The summed E-state index contributed by atoms with van der Waals surface area (Å²) in [6.45, 7) is 4.08. The average Bonchev–Trinajstić information content (AvgIpc) is 3.49. The molecule has 1 fully saturated rings. The molecule has 5 rings (SSSR count). The van der Waals surface area contributed by atoms with E-state index in [1.54, 1.807) is 6.07 Å². The van der Waals surface area contributed by atoms with Gasteiger partial charge in [-0.25, -0.2) is 9.67 Å². The molecule has 1 aliphatic heterocycles. The monoisotopic (exact) mass is 377 g/mol. The highest BCUT2D eigenvalue weighted by Gasteiger charge is 2.30. The molecule has 1 amide bonds. The van der Waals surface area contributed by atoms with Gasteiger partial charge in [0, 0.05) is 42.6 Å². The highest BCUT2D eigenvalue weighted by Crippen LogP contribution is 2.38. The zero-order valence-electron chi connectivity index (χ0n) is 16.0. The van der Waals surface area contributed by atoms with Gasteiger partial charge < -0.3 is 9.47 Å². The van der Waals surface area contributed by atoms with E-state index in [9.17, 15) is 9.59 Å². The molecule has 3 heterocycles. The lowest BCUT2D eigenvalue weighted by atomic mass is 10.2. The van der Waals surface area contributed by atoms with E-state index in [1.807, 2.05) is 45.3 Å². The lowest BCUT2D eigenvalue weighted by Gasteiger charge is -2.22. The molecule has 7 heteroatoms. The largest absolute Gasteiger partial charge is 0.339 e. The number of hydrogen-bond acceptors (Lipinski definition) is 4. The van der Waals surface area contributed by atoms with Crippen LogP contribution in [0.1, 0.15) is 36.1 Å². The number of rotatable bonds is 3. The van der Waals surface area contributed by atoms with E-state index in [0.717, 1.165) is 29.3 Å². The number of aromatic nitrogens is 4. The van der Waals surface area contributed by atoms with Crippen LogP contribution in [0.3, 0.4) is 0 Å². The number of carbonyl (C=O) groups excluding carboxylic acids is 1. The van der Waals surface area contributed by atoms with Crippen LogP contribution >= 0.6 is 0 Å². The maximum Gasteiger partial charge on any atom is 0.242 e. The van der Waals surface area contributed by atoms with E-state index < -0.39 is 0 Å². The van der Waals surface area contributed by atoms with Crippen molar-refractivity contribution in [3.05, 3.63) is 57.9 Å². The quantitative estimate of drug-likeness (QED) is 0.698. The second-order valence-electron chi connectivity index (χ2n) is 7.77. The van der Waals surface area contributed by atoms with Crippen LogP contribution in [0, 0.1) is 6.92 Å². The van der Waals surface area contributed by atoms with Crippen molar-refractivity contribution in [3.63, 3.8) is 0 Å². The summed E-state index contributed by atoms with van der Waals surface area (Å²) in [5.41, 5.74) is 1.60. The number of fused-ring (bicyclic) bond motifs is 2. The number of hydrogen-bond donors (Lipinski definition) is 0. The highest BCUT2D eigenvalue weighted by molar-refractivity contribution is 5.82. The third kappa shape index (κ3) is 3.00. The Kier molecular flexibility index (Phi) is 4.03. The Hall–Kier alpha value is -2.96. The molecule has 0 atom stereocenters. The molecule has 0 unspecified atom stereocenters. The van der Waals surface area contributed by atoms with Crippen molar-refractivity contribution in [2.75, 3.05) is 13.1 Å². The summed E-state index contributed by atoms with van der Waals surface area (Å²) in [6.07, 6.45) is 3.12. The van der Waals surface area contributed by atoms with Crippen molar-refractivity contribution in [1.82, 2.24) is 24.2 Å². The van der Waals surface area contributed by atoms with Crippen molar-refractivity contribution in [3.8, 4) is 0 Å². The van der Waals surface area contributed by atoms with E-state index in [-0.39, 0.29) is 17.9 Å². The van der Waals surface area contributed by atoms with Crippen LogP contribution < -0.4 is 5.43 Å². The Labute approximate surface area is 162 Å². The van der Waals surface area contributed by atoms with Gasteiger partial charge in [-0.05, 0) is 31.9 Å². The summed E-state index contributed by atoms with van der Waals surface area (Å²) >= 11 is 0. The molecule has 1 saturated carbocycles. The minimum absolute atomic E-state index is 0.00506. The van der Waals surface area contributed by atoms with Crippen molar-refractivity contribution in [2.45, 2.75) is 45.2 Å². The molecule has 7 nitrogen and oxygen atoms in total. The fraction of sp³-hybridized carbons (Fsp3) is 0.429. The minimum Gasteiger partial charge on any atom is -0.339 e. The molecule has 0 saturated heterocycles. The molecule has 28 heavy (non-hydrogen) atoms. The Balaban J connectivity index is 1.36. The van der Waals surface area contributed by atoms with Crippen molar-refractivity contribution in [1.29, 1.82) is 0 Å². The van der Waals surface area contributed by atoms with Gasteiger partial charge in [-0.1, -0.05) is 12.1 Å². The smallest absolute Gasteiger partial charge is 0.242 e. The highest BCUT2D eigenvalue weighted by atomic mass is 16.2. The van der Waals surface area contributed by atoms with E-state index in [2.05, 4.69) is 10.1 Å². The van der Waals surface area contributed by atoms with Gasteiger partial charge in [-0.15, -0.1) is 0 Å². The van der Waals surface area contributed by atoms with E-state index in [1.165, 1.54) is 12.8 Å². The van der Waals surface area contributed by atoms with Crippen LogP contribution in [0.2, 0.25) is 0 Å². The van der Waals surface area contributed by atoms with E-state index in [0.29, 0.717) is 30.9 Å². The standard InChI is InChI=1S/C21H23N5O2/c1-14-12-18(27)16-4-2-3-5-17(16)25(14)13-20(28)24-9-8-19-22-21(15-6-7-15)23-26(19)11-10-24/h2-5,12,15H,6-11,13H2,1H3. The summed E-state index contributed by atoms with van der Waals surface area (Å²) in [5.74, 6) is 2.58. The first-order valence-electron chi connectivity index (χ1n) is 9.91. The minimum atomic E-state index is -0.00506. The molecule has 2 aliphatic rings. The second-order valence-corrected chi connectivity index (χ2v) is 7.77. The van der Waals surface area contributed by atoms with Crippen LogP contribution in [0.5, 0.6) is 0 Å². The molecule has 1 aliphatic carbocycles. The Bertz CT molecular complexity index is 1100. The predicted octanol–water partition coefficient (Wildman–Crippen LogP) is 1.86. The SMILES string of the molecule is Cc1cc(=O)c2ccccc2n1CC(=O)N1CCc2nc(C3CC3)nn2CC1. The maximum atomic E-state index is 13.0. The summed E-state index contributed by atoms with van der Waals surface area (Å²) in [4.78, 5) is 31.8. The first kappa shape index (κ1) is 17.2. The summed E-state index contributed by atoms with van der Waals surface area (Å²) in [6, 6.07) is 9.07. The molecule has 0 spiro atoms. The van der Waals surface area contributed by atoms with Gasteiger partial charge in [0.2, 0.25) is 5.91 Å². The fourth-order valence-corrected chi connectivity index (χ4v) is 3.98. The number of benzene rings is 1. The normalized spacial score (nSPS) is 16.8.